The SMILES string of the molecule is CCN(CC)S(=O)(=O)c1ccc2c(c1)CCCN2C(=O)c1ccc(Cl)c(S(C)(=O)=O)c1. The van der Waals surface area contributed by atoms with Gasteiger partial charge in [-0.1, -0.05) is 25.4 Å². The van der Waals surface area contributed by atoms with Crippen LogP contribution in [0.5, 0.6) is 0 Å². The van der Waals surface area contributed by atoms with E-state index in [-0.39, 0.29) is 26.3 Å². The molecule has 0 saturated heterocycles. The molecule has 0 bridgehead atoms. The summed E-state index contributed by atoms with van der Waals surface area (Å²) in [6, 6.07) is 8.97. The smallest absolute Gasteiger partial charge is 0.258 e. The average Bonchev–Trinajstić information content (AvgIpc) is 2.72. The predicted octanol–water partition coefficient (Wildman–Crippen LogP) is 3.37. The molecule has 0 spiro atoms. The zero-order valence-corrected chi connectivity index (χ0v) is 20.0. The lowest BCUT2D eigenvalue weighted by atomic mass is 10.0. The molecule has 2 aromatic rings. The first-order valence-corrected chi connectivity index (χ1v) is 13.7. The molecule has 2 aromatic carbocycles. The van der Waals surface area contributed by atoms with Gasteiger partial charge < -0.3 is 4.90 Å². The van der Waals surface area contributed by atoms with Crippen LogP contribution in [0.4, 0.5) is 5.69 Å². The molecule has 0 aromatic heterocycles. The Morgan fingerprint density at radius 3 is 2.35 bits per heavy atom. The van der Waals surface area contributed by atoms with Crippen molar-refractivity contribution < 1.29 is 21.6 Å². The number of aryl methyl sites for hydroxylation is 1. The summed E-state index contributed by atoms with van der Waals surface area (Å²) in [7, 11) is -7.19. The fourth-order valence-corrected chi connectivity index (χ4v) is 6.54. The minimum atomic E-state index is -3.60. The number of nitrogens with zero attached hydrogens (tertiary/aromatic N) is 2. The zero-order valence-electron chi connectivity index (χ0n) is 17.6. The summed E-state index contributed by atoms with van der Waals surface area (Å²) in [5.41, 5.74) is 1.60. The summed E-state index contributed by atoms with van der Waals surface area (Å²) in [5.74, 6) is -0.359. The second-order valence-corrected chi connectivity index (χ2v) is 11.7. The number of benzene rings is 2. The second kappa shape index (κ2) is 8.90. The van der Waals surface area contributed by atoms with E-state index in [0.717, 1.165) is 11.8 Å². The molecule has 0 fully saturated rings. The van der Waals surface area contributed by atoms with Crippen molar-refractivity contribution in [2.75, 3.05) is 30.8 Å². The Labute approximate surface area is 188 Å². The van der Waals surface area contributed by atoms with Crippen molar-refractivity contribution in [3.8, 4) is 0 Å². The number of halogens is 1. The van der Waals surface area contributed by atoms with Gasteiger partial charge in [0.1, 0.15) is 0 Å². The number of fused-ring (bicyclic) bond motifs is 1. The summed E-state index contributed by atoms with van der Waals surface area (Å²) in [6.45, 7) is 4.78. The molecule has 31 heavy (non-hydrogen) atoms. The van der Waals surface area contributed by atoms with E-state index in [9.17, 15) is 21.6 Å². The number of amides is 1. The molecule has 0 aliphatic carbocycles. The van der Waals surface area contributed by atoms with E-state index < -0.39 is 19.9 Å². The van der Waals surface area contributed by atoms with Crippen molar-refractivity contribution >= 4 is 43.1 Å². The molecule has 0 N–H and O–H groups in total. The number of sulfonamides is 1. The lowest BCUT2D eigenvalue weighted by Crippen LogP contribution is -2.36. The number of anilines is 1. The van der Waals surface area contributed by atoms with Gasteiger partial charge in [0.15, 0.2) is 9.84 Å². The van der Waals surface area contributed by atoms with Crippen molar-refractivity contribution in [1.82, 2.24) is 4.31 Å². The van der Waals surface area contributed by atoms with Gasteiger partial charge in [-0.15, -0.1) is 0 Å². The van der Waals surface area contributed by atoms with Crippen LogP contribution >= 0.6 is 11.6 Å². The van der Waals surface area contributed by atoms with Crippen LogP contribution in [-0.2, 0) is 26.3 Å². The molecular formula is C21H25ClN2O5S2. The van der Waals surface area contributed by atoms with E-state index in [4.69, 9.17) is 11.6 Å². The Hall–Kier alpha value is -1.94. The molecule has 10 heteroatoms. The Bertz CT molecular complexity index is 1220. The maximum atomic E-state index is 13.2. The lowest BCUT2D eigenvalue weighted by Gasteiger charge is -2.30. The van der Waals surface area contributed by atoms with Gasteiger partial charge in [0, 0.05) is 37.1 Å². The minimum absolute atomic E-state index is 0.0596. The molecule has 168 valence electrons. The van der Waals surface area contributed by atoms with Crippen molar-refractivity contribution in [2.45, 2.75) is 36.5 Å². The van der Waals surface area contributed by atoms with Crippen LogP contribution in [0, 0.1) is 0 Å². The number of rotatable bonds is 6. The molecule has 1 aliphatic heterocycles. The van der Waals surface area contributed by atoms with E-state index in [0.29, 0.717) is 38.2 Å². The normalized spacial score (nSPS) is 14.5. The van der Waals surface area contributed by atoms with E-state index in [1.54, 1.807) is 30.9 Å². The van der Waals surface area contributed by atoms with E-state index in [1.165, 1.54) is 28.6 Å². The van der Waals surface area contributed by atoms with Crippen LogP contribution in [0.1, 0.15) is 36.2 Å². The Morgan fingerprint density at radius 1 is 1.06 bits per heavy atom. The van der Waals surface area contributed by atoms with Crippen molar-refractivity contribution in [2.24, 2.45) is 0 Å². The third-order valence-corrected chi connectivity index (χ3v) is 8.96. The Kier molecular flexibility index (Phi) is 6.81. The van der Waals surface area contributed by atoms with E-state index in [2.05, 4.69) is 0 Å². The quantitative estimate of drug-likeness (QED) is 0.626. The van der Waals surface area contributed by atoms with Gasteiger partial charge >= 0.3 is 0 Å². The van der Waals surface area contributed by atoms with E-state index >= 15 is 0 Å². The maximum Gasteiger partial charge on any atom is 0.258 e. The number of hydrogen-bond donors (Lipinski definition) is 0. The summed E-state index contributed by atoms with van der Waals surface area (Å²) in [4.78, 5) is 14.9. The molecule has 3 rings (SSSR count). The molecule has 1 aliphatic rings. The van der Waals surface area contributed by atoms with Gasteiger partial charge in [0.2, 0.25) is 10.0 Å². The second-order valence-electron chi connectivity index (χ2n) is 7.36. The molecule has 0 radical (unpaired) electrons. The highest BCUT2D eigenvalue weighted by Gasteiger charge is 2.28. The van der Waals surface area contributed by atoms with Crippen LogP contribution in [-0.4, -0.2) is 52.9 Å². The molecule has 1 amide bonds. The lowest BCUT2D eigenvalue weighted by molar-refractivity contribution is 0.0985. The summed E-state index contributed by atoms with van der Waals surface area (Å²) in [6.07, 6.45) is 2.35. The highest BCUT2D eigenvalue weighted by Crippen LogP contribution is 2.32. The number of carbonyl (C=O) groups is 1. The largest absolute Gasteiger partial charge is 0.308 e. The van der Waals surface area contributed by atoms with Gasteiger partial charge in [-0.25, -0.2) is 16.8 Å². The van der Waals surface area contributed by atoms with Gasteiger partial charge in [0.25, 0.3) is 5.91 Å². The highest BCUT2D eigenvalue weighted by molar-refractivity contribution is 7.90. The van der Waals surface area contributed by atoms with Gasteiger partial charge in [-0.2, -0.15) is 4.31 Å². The summed E-state index contributed by atoms with van der Waals surface area (Å²) in [5, 5.41) is 0.0596. The van der Waals surface area contributed by atoms with Crippen LogP contribution in [0.2, 0.25) is 5.02 Å². The first-order chi connectivity index (χ1) is 14.5. The monoisotopic (exact) mass is 484 g/mol. The number of carbonyl (C=O) groups excluding carboxylic acids is 1. The van der Waals surface area contributed by atoms with Gasteiger partial charge in [0.05, 0.1) is 14.8 Å². The third kappa shape index (κ3) is 4.64. The summed E-state index contributed by atoms with van der Waals surface area (Å²) < 4.78 is 51.0. The fraction of sp³-hybridized carbons (Fsp3) is 0.381. The molecule has 0 atom stereocenters. The van der Waals surface area contributed by atoms with Crippen molar-refractivity contribution in [3.05, 3.63) is 52.5 Å². The maximum absolute atomic E-state index is 13.2. The highest BCUT2D eigenvalue weighted by atomic mass is 35.5. The van der Waals surface area contributed by atoms with Crippen LogP contribution in [0.3, 0.4) is 0 Å². The van der Waals surface area contributed by atoms with Crippen LogP contribution < -0.4 is 4.90 Å². The van der Waals surface area contributed by atoms with Crippen molar-refractivity contribution in [3.63, 3.8) is 0 Å². The minimum Gasteiger partial charge on any atom is -0.308 e. The first kappa shape index (κ1) is 23.7. The molecule has 7 nitrogen and oxygen atoms in total. The standard InChI is InChI=1S/C21H25ClN2O5S2/c1-4-23(5-2)31(28,29)17-9-11-19-15(13-17)7-6-12-24(19)21(25)16-8-10-18(22)20(14-16)30(3,26)27/h8-11,13-14H,4-7,12H2,1-3H3. The molecule has 0 saturated carbocycles. The topological polar surface area (TPSA) is 91.8 Å². The number of hydrogen-bond acceptors (Lipinski definition) is 5. The molecular weight excluding hydrogens is 460 g/mol. The predicted molar refractivity (Wildman–Crippen MR) is 121 cm³/mol. The molecule has 0 unspecified atom stereocenters. The third-order valence-electron chi connectivity index (χ3n) is 5.34. The summed E-state index contributed by atoms with van der Waals surface area (Å²) >= 11 is 6.00. The Balaban J connectivity index is 2.00. The van der Waals surface area contributed by atoms with E-state index in [1.807, 2.05) is 0 Å². The number of sulfone groups is 1. The molecule has 1 heterocycles. The van der Waals surface area contributed by atoms with Gasteiger partial charge in [-0.3, -0.25) is 4.79 Å². The fourth-order valence-electron chi connectivity index (χ4n) is 3.73. The zero-order chi connectivity index (χ0) is 23.0. The van der Waals surface area contributed by atoms with Gasteiger partial charge in [-0.05, 0) is 54.8 Å². The van der Waals surface area contributed by atoms with Crippen LogP contribution in [0.25, 0.3) is 0 Å². The first-order valence-electron chi connectivity index (χ1n) is 9.95. The van der Waals surface area contributed by atoms with Crippen LogP contribution in [0.15, 0.2) is 46.2 Å². The van der Waals surface area contributed by atoms with Crippen molar-refractivity contribution in [1.29, 1.82) is 0 Å². The average molecular weight is 485 g/mol. The Morgan fingerprint density at radius 2 is 1.74 bits per heavy atom.